The van der Waals surface area contributed by atoms with E-state index in [1.165, 1.54) is 10.5 Å². The van der Waals surface area contributed by atoms with Gasteiger partial charge in [-0.25, -0.2) is 4.79 Å². The van der Waals surface area contributed by atoms with Gasteiger partial charge in [0.25, 0.3) is 0 Å². The van der Waals surface area contributed by atoms with Crippen LogP contribution in [0.2, 0.25) is 0 Å². The van der Waals surface area contributed by atoms with Crippen LogP contribution in [0.25, 0.3) is 0 Å². The molecule has 0 unspecified atom stereocenters. The van der Waals surface area contributed by atoms with E-state index in [4.69, 9.17) is 4.74 Å². The van der Waals surface area contributed by atoms with Crippen molar-refractivity contribution in [2.45, 2.75) is 31.9 Å². The predicted molar refractivity (Wildman–Crippen MR) is 71.0 cm³/mol. The van der Waals surface area contributed by atoms with Crippen LogP contribution in [0.1, 0.15) is 25.3 Å². The molecule has 1 aromatic rings. The van der Waals surface area contributed by atoms with Crippen LogP contribution in [0.3, 0.4) is 0 Å². The minimum atomic E-state index is -0.0887. The molecule has 0 saturated heterocycles. The summed E-state index contributed by atoms with van der Waals surface area (Å²) in [5, 5.41) is 2.95. The van der Waals surface area contributed by atoms with E-state index in [9.17, 15) is 4.79 Å². The van der Waals surface area contributed by atoms with Gasteiger partial charge in [-0.15, -0.1) is 0 Å². The zero-order valence-electron chi connectivity index (χ0n) is 11.3. The molecule has 3 atom stereocenters. The molecule has 0 aromatic heterocycles. The minimum Gasteiger partial charge on any atom is -0.487 e. The summed E-state index contributed by atoms with van der Waals surface area (Å²) in [7, 11) is 3.46. The number of hydrogen-bond donors (Lipinski definition) is 1. The molecule has 98 valence electrons. The summed E-state index contributed by atoms with van der Waals surface area (Å²) < 4.78 is 5.93. The van der Waals surface area contributed by atoms with Gasteiger partial charge in [-0.05, 0) is 13.0 Å². The fourth-order valence-electron chi connectivity index (χ4n) is 2.33. The van der Waals surface area contributed by atoms with Crippen molar-refractivity contribution in [2.24, 2.45) is 0 Å². The molecular weight excluding hydrogens is 228 g/mol. The molecule has 1 N–H and O–H groups in total. The van der Waals surface area contributed by atoms with Crippen molar-refractivity contribution in [1.29, 1.82) is 0 Å². The highest BCUT2D eigenvalue weighted by Gasteiger charge is 2.35. The standard InChI is InChI=1S/C14H20N2O2/c1-9-11-7-5-6-8-12(11)18-13(9)10(2)15-14(17)16(3)4/h5-10,13H,1-4H3,(H,15,17)/t9-,10-,13-/m0/s1. The molecule has 1 heterocycles. The smallest absolute Gasteiger partial charge is 0.317 e. The Bertz CT molecular complexity index is 445. The first-order valence-electron chi connectivity index (χ1n) is 6.24. The van der Waals surface area contributed by atoms with E-state index in [1.54, 1.807) is 14.1 Å². The third kappa shape index (κ3) is 2.28. The third-order valence-electron chi connectivity index (χ3n) is 3.42. The molecule has 0 bridgehead atoms. The van der Waals surface area contributed by atoms with Crippen LogP contribution < -0.4 is 10.1 Å². The Morgan fingerprint density at radius 2 is 2.06 bits per heavy atom. The van der Waals surface area contributed by atoms with Gasteiger partial charge in [0.15, 0.2) is 0 Å². The number of benzene rings is 1. The summed E-state index contributed by atoms with van der Waals surface area (Å²) in [6.45, 7) is 4.11. The van der Waals surface area contributed by atoms with Gasteiger partial charge in [0.2, 0.25) is 0 Å². The molecule has 2 amide bonds. The van der Waals surface area contributed by atoms with Gasteiger partial charge in [-0.2, -0.15) is 0 Å². The number of rotatable bonds is 2. The Morgan fingerprint density at radius 3 is 2.67 bits per heavy atom. The van der Waals surface area contributed by atoms with Crippen molar-refractivity contribution < 1.29 is 9.53 Å². The summed E-state index contributed by atoms with van der Waals surface area (Å²) in [6, 6.07) is 7.94. The fraction of sp³-hybridized carbons (Fsp3) is 0.500. The number of carbonyl (C=O) groups excluding carboxylic acids is 1. The first-order chi connectivity index (χ1) is 8.50. The largest absolute Gasteiger partial charge is 0.487 e. The monoisotopic (exact) mass is 248 g/mol. The Morgan fingerprint density at radius 1 is 1.39 bits per heavy atom. The van der Waals surface area contributed by atoms with E-state index in [-0.39, 0.29) is 18.2 Å². The van der Waals surface area contributed by atoms with Gasteiger partial charge in [0.1, 0.15) is 11.9 Å². The molecule has 1 aliphatic rings. The lowest BCUT2D eigenvalue weighted by atomic mass is 9.94. The fourth-order valence-corrected chi connectivity index (χ4v) is 2.33. The van der Waals surface area contributed by atoms with Crippen molar-refractivity contribution in [3.8, 4) is 5.75 Å². The van der Waals surface area contributed by atoms with E-state index in [1.807, 2.05) is 25.1 Å². The molecule has 0 saturated carbocycles. The Hall–Kier alpha value is -1.71. The van der Waals surface area contributed by atoms with E-state index < -0.39 is 0 Å². The van der Waals surface area contributed by atoms with Crippen LogP contribution in [-0.4, -0.2) is 37.2 Å². The normalized spacial score (nSPS) is 22.9. The number of fused-ring (bicyclic) bond motifs is 1. The van der Waals surface area contributed by atoms with Crippen molar-refractivity contribution in [2.75, 3.05) is 14.1 Å². The number of amides is 2. The number of hydrogen-bond acceptors (Lipinski definition) is 2. The molecular formula is C14H20N2O2. The van der Waals surface area contributed by atoms with Crippen molar-refractivity contribution in [3.63, 3.8) is 0 Å². The maximum absolute atomic E-state index is 11.6. The molecule has 0 radical (unpaired) electrons. The first kappa shape index (κ1) is 12.7. The maximum Gasteiger partial charge on any atom is 0.317 e. The Kier molecular flexibility index (Phi) is 3.45. The topological polar surface area (TPSA) is 41.6 Å². The van der Waals surface area contributed by atoms with E-state index in [2.05, 4.69) is 18.3 Å². The van der Waals surface area contributed by atoms with E-state index in [0.29, 0.717) is 5.92 Å². The lowest BCUT2D eigenvalue weighted by Crippen LogP contribution is -2.47. The van der Waals surface area contributed by atoms with Crippen molar-refractivity contribution >= 4 is 6.03 Å². The van der Waals surface area contributed by atoms with E-state index in [0.717, 1.165) is 5.75 Å². The lowest BCUT2D eigenvalue weighted by molar-refractivity contribution is 0.158. The highest BCUT2D eigenvalue weighted by molar-refractivity contribution is 5.73. The van der Waals surface area contributed by atoms with Gasteiger partial charge >= 0.3 is 6.03 Å². The summed E-state index contributed by atoms with van der Waals surface area (Å²) >= 11 is 0. The van der Waals surface area contributed by atoms with Gasteiger partial charge in [-0.3, -0.25) is 0 Å². The molecule has 0 fully saturated rings. The SMILES string of the molecule is C[C@H](NC(=O)N(C)C)[C@H]1Oc2ccccc2[C@@H]1C. The maximum atomic E-state index is 11.6. The average molecular weight is 248 g/mol. The van der Waals surface area contributed by atoms with Crippen LogP contribution in [0.5, 0.6) is 5.75 Å². The third-order valence-corrected chi connectivity index (χ3v) is 3.42. The number of carbonyl (C=O) groups is 1. The second kappa shape index (κ2) is 4.88. The molecule has 1 aromatic carbocycles. The predicted octanol–water partition coefficient (Wildman–Crippen LogP) is 2.21. The van der Waals surface area contributed by atoms with Crippen molar-refractivity contribution in [3.05, 3.63) is 29.8 Å². The number of para-hydroxylation sites is 1. The van der Waals surface area contributed by atoms with Gasteiger partial charge in [-0.1, -0.05) is 25.1 Å². The summed E-state index contributed by atoms with van der Waals surface area (Å²) in [4.78, 5) is 13.2. The van der Waals surface area contributed by atoms with Crippen LogP contribution in [-0.2, 0) is 0 Å². The highest BCUT2D eigenvalue weighted by Crippen LogP contribution is 2.38. The summed E-state index contributed by atoms with van der Waals surface area (Å²) in [5.74, 6) is 1.22. The molecule has 18 heavy (non-hydrogen) atoms. The Balaban J connectivity index is 2.07. The summed E-state index contributed by atoms with van der Waals surface area (Å²) in [6.07, 6.45) is -0.00806. The molecule has 0 spiro atoms. The zero-order valence-corrected chi connectivity index (χ0v) is 11.3. The second-order valence-corrected chi connectivity index (χ2v) is 5.04. The average Bonchev–Trinajstić information content (AvgIpc) is 2.67. The van der Waals surface area contributed by atoms with Gasteiger partial charge in [0, 0.05) is 25.6 Å². The quantitative estimate of drug-likeness (QED) is 0.872. The molecule has 2 rings (SSSR count). The minimum absolute atomic E-state index is 0.00806. The summed E-state index contributed by atoms with van der Waals surface area (Å²) in [5.41, 5.74) is 1.22. The van der Waals surface area contributed by atoms with Gasteiger partial charge < -0.3 is 15.0 Å². The lowest BCUT2D eigenvalue weighted by Gasteiger charge is -2.25. The number of ether oxygens (including phenoxy) is 1. The molecule has 0 aliphatic carbocycles. The highest BCUT2D eigenvalue weighted by atomic mass is 16.5. The first-order valence-corrected chi connectivity index (χ1v) is 6.24. The van der Waals surface area contributed by atoms with E-state index >= 15 is 0 Å². The number of nitrogens with one attached hydrogen (secondary N) is 1. The van der Waals surface area contributed by atoms with Crippen LogP contribution in [0.15, 0.2) is 24.3 Å². The second-order valence-electron chi connectivity index (χ2n) is 5.04. The molecule has 4 heteroatoms. The van der Waals surface area contributed by atoms with Crippen molar-refractivity contribution in [1.82, 2.24) is 10.2 Å². The number of nitrogens with zero attached hydrogens (tertiary/aromatic N) is 1. The van der Waals surface area contributed by atoms with Crippen LogP contribution in [0.4, 0.5) is 4.79 Å². The zero-order chi connectivity index (χ0) is 13.3. The number of urea groups is 1. The van der Waals surface area contributed by atoms with Crippen LogP contribution >= 0.6 is 0 Å². The molecule has 1 aliphatic heterocycles. The van der Waals surface area contributed by atoms with Gasteiger partial charge in [0.05, 0.1) is 6.04 Å². The molecule has 4 nitrogen and oxygen atoms in total. The van der Waals surface area contributed by atoms with Crippen LogP contribution in [0, 0.1) is 0 Å². The Labute approximate surface area is 108 Å².